The third-order valence-corrected chi connectivity index (χ3v) is 28.4. The monoisotopic (exact) mass is 1920 g/mol. The summed E-state index contributed by atoms with van der Waals surface area (Å²) in [6, 6.07) is 9.01. The number of cyclic esters (lactones) is 1. The number of hydrogen-bond donors (Lipinski definition) is 6. The minimum Gasteiger partial charge on any atom is -0.460 e. The zero-order valence-corrected chi connectivity index (χ0v) is 81.7. The number of aromatic amines is 1. The van der Waals surface area contributed by atoms with Gasteiger partial charge in [0.05, 0.1) is 118 Å². The molecule has 6 aromatic rings. The quantitative estimate of drug-likeness (QED) is 0.0115. The maximum Gasteiger partial charge on any atom is 0.410 e. The summed E-state index contributed by atoms with van der Waals surface area (Å²) in [7, 11) is 4.51. The van der Waals surface area contributed by atoms with Crippen LogP contribution in [0.15, 0.2) is 114 Å². The molecule has 37 nitrogen and oxygen atoms in total. The third-order valence-electron chi connectivity index (χ3n) is 28.4. The first kappa shape index (κ1) is 104. The summed E-state index contributed by atoms with van der Waals surface area (Å²) in [5.74, 6) is -7.79. The lowest BCUT2D eigenvalue weighted by Gasteiger charge is -2.42. The van der Waals surface area contributed by atoms with Crippen LogP contribution in [0.5, 0.6) is 0 Å². The van der Waals surface area contributed by atoms with Gasteiger partial charge in [0.15, 0.2) is 5.78 Å². The van der Waals surface area contributed by atoms with Crippen molar-refractivity contribution >= 4 is 87.4 Å². The van der Waals surface area contributed by atoms with E-state index in [9.17, 15) is 48.6 Å². The molecule has 37 heteroatoms. The molecule has 5 aromatic heterocycles. The maximum atomic E-state index is 14.9. The molecule has 8 aliphatic rings. The Balaban J connectivity index is 0.481. The highest BCUT2D eigenvalue weighted by Crippen LogP contribution is 2.41. The second kappa shape index (κ2) is 48.8. The Morgan fingerprint density at radius 2 is 1.42 bits per heavy atom. The zero-order chi connectivity index (χ0) is 98.6. The van der Waals surface area contributed by atoms with Crippen molar-refractivity contribution in [1.29, 1.82) is 0 Å². The number of esters is 1. The number of piperazine rings is 1. The van der Waals surface area contributed by atoms with Gasteiger partial charge in [-0.3, -0.25) is 33.8 Å². The van der Waals surface area contributed by atoms with Crippen molar-refractivity contribution in [3.8, 4) is 0 Å². The number of benzene rings is 1. The highest BCUT2D eigenvalue weighted by molar-refractivity contribution is 6.39. The van der Waals surface area contributed by atoms with Gasteiger partial charge < -0.3 is 104 Å². The number of allylic oxidation sites excluding steroid dienone is 6. The normalized spacial score (nSPS) is 27.6. The van der Waals surface area contributed by atoms with E-state index < -0.39 is 108 Å². The smallest absolute Gasteiger partial charge is 0.410 e. The van der Waals surface area contributed by atoms with E-state index >= 15 is 0 Å². The van der Waals surface area contributed by atoms with Crippen LogP contribution in [-0.2, 0) is 108 Å². The van der Waals surface area contributed by atoms with Crippen LogP contribution in [0, 0.1) is 35.5 Å². The van der Waals surface area contributed by atoms with E-state index in [0.717, 1.165) is 67.9 Å². The van der Waals surface area contributed by atoms with Gasteiger partial charge in [-0.1, -0.05) is 89.3 Å². The number of nitrogens with one attached hydrogen (secondary N) is 2. The number of nitrogens with two attached hydrogens (primary N) is 2. The van der Waals surface area contributed by atoms with Crippen molar-refractivity contribution in [3.05, 3.63) is 159 Å². The van der Waals surface area contributed by atoms with Crippen LogP contribution in [0.25, 0.3) is 11.0 Å². The molecule has 3 saturated heterocycles. The van der Waals surface area contributed by atoms with Crippen molar-refractivity contribution in [2.45, 2.75) is 225 Å². The molecule has 750 valence electrons. The van der Waals surface area contributed by atoms with Gasteiger partial charge in [-0.25, -0.2) is 39.5 Å². The highest BCUT2D eigenvalue weighted by Gasteiger charge is 2.54. The van der Waals surface area contributed by atoms with Gasteiger partial charge in [-0.2, -0.15) is 4.98 Å². The van der Waals surface area contributed by atoms with Gasteiger partial charge >= 0.3 is 12.1 Å². The molecule has 1 unspecified atom stereocenters. The Hall–Kier alpha value is -11.3. The van der Waals surface area contributed by atoms with Gasteiger partial charge in [0, 0.05) is 165 Å². The number of H-pyrrole nitrogens is 1. The lowest BCUT2D eigenvalue weighted by Crippen LogP contribution is -2.61. The number of ether oxygens (including phenoxy) is 10. The van der Waals surface area contributed by atoms with E-state index in [1.807, 2.05) is 79.3 Å². The molecule has 14 rings (SSSR count). The van der Waals surface area contributed by atoms with E-state index in [-0.39, 0.29) is 105 Å². The Bertz CT molecular complexity index is 5470. The maximum absolute atomic E-state index is 14.9. The zero-order valence-electron chi connectivity index (χ0n) is 81.7. The summed E-state index contributed by atoms with van der Waals surface area (Å²) in [6.45, 7) is 19.3. The number of aromatic nitrogens is 8. The number of ketones is 3. The standard InChI is InChI=1S/C102H137N17O20/c1-61-16-12-11-13-17-62(2)82(130-8)53-75-23-19-67(7)102(129,139-75)92(124)97(126)119-31-15-14-18-79(119)98(127)137-83(54-80(120)63(3)47-66(6)90(123)91(132-10)89(122)65(5)46-61)64(4)48-68-21-24-81(84(51-68)131-9)138-101(128)118-33-27-77-74(59-118)56-108-99(113-77)115-34-36-116(37-35-115)100-109-57-76(93(103)114-100)96(125)106-30-39-134-41-43-136-45-44-135-42-40-133-38-28-85(121)117-32-26-70-49-69(20-22-72(70)58-117)50-78-88-86(94(104)111-60-110-88)87(112-78)73-52-71-25-29-105-95(71)107-55-73/h11-13,16-17,20,22,25,29,47,49,52,55-57,60-61,63-65,67-68,75,78-79,81-84,90-91,123,129H,14-15,18-19,21,23-24,26-28,30-46,48,50-51,53-54,58-59H2,1-10H3,(H,105,107)(H,106,125)(H2,103,109,114)(H2,104,110,111)/b13-11+,16-12+,62-17+,66-47+/t61-,63-,64-,65-,67-,68+,75+,78?,79+,81-,82+,83+,84-,90-,91+,102-/m1/s1. The molecule has 0 radical (unpaired) electrons. The van der Waals surface area contributed by atoms with E-state index in [4.69, 9.17) is 73.8 Å². The minimum absolute atomic E-state index is 0.0266. The number of pyridine rings is 1. The molecule has 8 N–H and O–H groups in total. The summed E-state index contributed by atoms with van der Waals surface area (Å²) in [4.78, 5) is 163. The second-order valence-electron chi connectivity index (χ2n) is 38.2. The first-order chi connectivity index (χ1) is 67.1. The average molecular weight is 1920 g/mol. The van der Waals surface area contributed by atoms with Crippen molar-refractivity contribution < 1.29 is 95.9 Å². The predicted molar refractivity (Wildman–Crippen MR) is 517 cm³/mol. The summed E-state index contributed by atoms with van der Waals surface area (Å²) in [6.07, 6.45) is 19.7. The van der Waals surface area contributed by atoms with Crippen molar-refractivity contribution in [2.24, 2.45) is 40.5 Å². The van der Waals surface area contributed by atoms with Crippen LogP contribution in [0.2, 0.25) is 0 Å². The first-order valence-corrected chi connectivity index (χ1v) is 49.1. The van der Waals surface area contributed by atoms with E-state index in [1.165, 1.54) is 30.1 Å². The topological polar surface area (TPSA) is 468 Å². The second-order valence-corrected chi connectivity index (χ2v) is 38.2. The van der Waals surface area contributed by atoms with Gasteiger partial charge in [0.1, 0.15) is 59.9 Å². The Morgan fingerprint density at radius 1 is 0.698 bits per heavy atom. The molecule has 7 aliphatic heterocycles. The number of amides is 4. The molecular weight excluding hydrogens is 1780 g/mol. The van der Waals surface area contributed by atoms with Crippen LogP contribution in [0.4, 0.5) is 28.3 Å². The Kier molecular flexibility index (Phi) is 36.3. The number of nitrogens with zero attached hydrogens (tertiary/aromatic N) is 13. The number of piperidine rings is 1. The van der Waals surface area contributed by atoms with Crippen LogP contribution < -0.4 is 26.6 Å². The third kappa shape index (κ3) is 26.1. The first-order valence-electron chi connectivity index (χ1n) is 49.1. The number of Topliss-reactive ketones (excluding diaryl/α,β-unsaturated/α-hetero) is 3. The molecule has 4 fully saturated rings. The number of carbonyl (C=O) groups is 8. The van der Waals surface area contributed by atoms with Crippen LogP contribution in [0.1, 0.15) is 193 Å². The van der Waals surface area contributed by atoms with E-state index in [2.05, 4.69) is 58.3 Å². The number of rotatable bonds is 28. The number of anilines is 4. The molecule has 12 heterocycles. The number of aliphatic hydroxyl groups excluding tert-OH is 1. The number of hydrogen-bond acceptors (Lipinski definition) is 32. The average Bonchev–Trinajstić information content (AvgIpc) is 1.34. The molecule has 4 amide bonds. The predicted octanol–water partition coefficient (Wildman–Crippen LogP) is 9.03. The summed E-state index contributed by atoms with van der Waals surface area (Å²) in [5.41, 5.74) is 23.2. The Labute approximate surface area is 811 Å². The largest absolute Gasteiger partial charge is 0.460 e. The molecule has 16 atom stereocenters. The Morgan fingerprint density at radius 3 is 2.17 bits per heavy atom. The van der Waals surface area contributed by atoms with Gasteiger partial charge in [-0.15, -0.1) is 0 Å². The molecule has 1 aromatic carbocycles. The lowest BCUT2D eigenvalue weighted by atomic mass is 9.78. The molecule has 1 saturated carbocycles. The van der Waals surface area contributed by atoms with E-state index in [0.29, 0.717) is 179 Å². The lowest BCUT2D eigenvalue weighted by molar-refractivity contribution is -0.265. The summed E-state index contributed by atoms with van der Waals surface area (Å²) in [5, 5.41) is 27.7. The number of methoxy groups -OCH3 is 3. The molecule has 0 spiro atoms. The fourth-order valence-electron chi connectivity index (χ4n) is 20.1. The number of fused-ring (bicyclic) bond motifs is 7. The highest BCUT2D eigenvalue weighted by atomic mass is 16.6. The molecular formula is C102H137N17O20. The van der Waals surface area contributed by atoms with Gasteiger partial charge in [0.25, 0.3) is 17.6 Å². The SMILES string of the molecule is CO[C@H]1C[C@@H]2CC[C@@H](C)[C@@](O)(O2)C(=O)C(=O)N2CCCC[C@H]2C(=O)O[C@H]([C@H](C)C[C@@H]2CC[C@@H](OC(=O)N3CCc4nc(N5CCN(c6ncc(C(=O)NCCOCCOCCOCCOCCC(=O)N7CCc8cc(CC9N=C(c%10cnc%11[nH]ccc%11c%10)c%10c(N)ncnc%109)ccc8C7)c(N)n6)CC5)ncc4C3)[C@H](OC)C2)CC(=O)[C@H](C)/C=C(\C)[C@@H](O)[C@@H](OC)C(=O)[C@H](C)C[C@H](C)/C=C/C=C/C=C/1C. The summed E-state index contributed by atoms with van der Waals surface area (Å²) >= 11 is 0. The molecule has 1 aliphatic carbocycles. The van der Waals surface area contributed by atoms with Crippen molar-refractivity contribution in [2.75, 3.05) is 148 Å². The number of aliphatic hydroxyl groups is 2. The fraction of sp³-hybridized carbons (Fsp3) is 0.588. The minimum atomic E-state index is -2.50. The molecule has 139 heavy (non-hydrogen) atoms. The molecule has 2 bridgehead atoms. The fourth-order valence-corrected chi connectivity index (χ4v) is 20.1. The number of nitrogen functional groups attached to an aromatic ring is 2. The van der Waals surface area contributed by atoms with Gasteiger partial charge in [0.2, 0.25) is 23.6 Å². The van der Waals surface area contributed by atoms with Crippen LogP contribution >= 0.6 is 0 Å². The van der Waals surface area contributed by atoms with E-state index in [1.54, 1.807) is 65.3 Å². The number of carbonyl (C=O) groups excluding carboxylic acids is 8. The van der Waals surface area contributed by atoms with Crippen LogP contribution in [0.3, 0.4) is 0 Å². The van der Waals surface area contributed by atoms with Gasteiger partial charge in [-0.05, 0) is 142 Å². The number of aliphatic imine (C=N–C) groups is 1. The van der Waals surface area contributed by atoms with Crippen molar-refractivity contribution in [1.82, 2.24) is 59.9 Å². The van der Waals surface area contributed by atoms with Crippen LogP contribution in [-0.4, -0.2) is 299 Å². The summed E-state index contributed by atoms with van der Waals surface area (Å²) < 4.78 is 59.4. The van der Waals surface area contributed by atoms with Crippen molar-refractivity contribution in [3.63, 3.8) is 0 Å².